The Kier molecular flexibility index (Phi) is 4.97. The highest BCUT2D eigenvalue weighted by Crippen LogP contribution is 2.30. The molecule has 1 amide bonds. The average molecular weight is 438 g/mol. The maximum atomic E-state index is 12.6. The predicted molar refractivity (Wildman–Crippen MR) is 103 cm³/mol. The molecule has 0 aliphatic heterocycles. The van der Waals surface area contributed by atoms with E-state index in [9.17, 15) is 18.0 Å². The number of aromatic nitrogens is 4. The van der Waals surface area contributed by atoms with Crippen molar-refractivity contribution in [2.24, 2.45) is 0 Å². The van der Waals surface area contributed by atoms with Crippen LogP contribution in [0.5, 0.6) is 0 Å². The van der Waals surface area contributed by atoms with Gasteiger partial charge in [0.15, 0.2) is 5.65 Å². The Morgan fingerprint density at radius 1 is 1.17 bits per heavy atom. The van der Waals surface area contributed by atoms with Crippen molar-refractivity contribution in [3.8, 4) is 0 Å². The molecule has 11 heteroatoms. The Morgan fingerprint density at radius 3 is 2.59 bits per heavy atom. The maximum absolute atomic E-state index is 12.6. The van der Waals surface area contributed by atoms with Gasteiger partial charge in [0.25, 0.3) is 5.91 Å². The number of thiazole rings is 1. The third kappa shape index (κ3) is 3.94. The summed E-state index contributed by atoms with van der Waals surface area (Å²) < 4.78 is 39.6. The second-order valence-corrected chi connectivity index (χ2v) is 7.34. The number of amides is 1. The molecular formula is C18H11ClF3N5OS. The highest BCUT2D eigenvalue weighted by molar-refractivity contribution is 7.09. The maximum Gasteiger partial charge on any atom is 0.416 e. The van der Waals surface area contributed by atoms with E-state index in [0.29, 0.717) is 17.6 Å². The van der Waals surface area contributed by atoms with Crippen molar-refractivity contribution in [3.05, 3.63) is 69.4 Å². The lowest BCUT2D eigenvalue weighted by Crippen LogP contribution is -2.13. The first-order valence-electron chi connectivity index (χ1n) is 8.20. The Morgan fingerprint density at radius 2 is 1.93 bits per heavy atom. The molecule has 1 aromatic carbocycles. The first-order chi connectivity index (χ1) is 13.8. The van der Waals surface area contributed by atoms with Crippen molar-refractivity contribution < 1.29 is 18.0 Å². The number of carbonyl (C=O) groups is 1. The normalized spacial score (nSPS) is 11.7. The van der Waals surface area contributed by atoms with E-state index in [0.717, 1.165) is 17.1 Å². The molecule has 0 fully saturated rings. The molecule has 0 atom stereocenters. The molecule has 148 valence electrons. The lowest BCUT2D eigenvalue weighted by molar-refractivity contribution is -0.137. The molecule has 4 aromatic rings. The molecule has 0 unspecified atom stereocenters. The van der Waals surface area contributed by atoms with Crippen molar-refractivity contribution in [2.45, 2.75) is 12.7 Å². The van der Waals surface area contributed by atoms with Crippen LogP contribution >= 0.6 is 22.9 Å². The number of hydrogen-bond acceptors (Lipinski definition) is 5. The number of halogens is 4. The summed E-state index contributed by atoms with van der Waals surface area (Å²) in [5.41, 5.74) is -0.00738. The number of anilines is 1. The average Bonchev–Trinajstić information content (AvgIpc) is 3.33. The molecule has 3 aromatic heterocycles. The predicted octanol–water partition coefficient (Wildman–Crippen LogP) is 4.86. The fourth-order valence-corrected chi connectivity index (χ4v) is 3.54. The summed E-state index contributed by atoms with van der Waals surface area (Å²) in [6.07, 6.45) is 0.0622. The van der Waals surface area contributed by atoms with Gasteiger partial charge in [-0.05, 0) is 24.3 Å². The van der Waals surface area contributed by atoms with Crippen molar-refractivity contribution in [3.63, 3.8) is 0 Å². The molecule has 3 heterocycles. The number of rotatable bonds is 4. The monoisotopic (exact) mass is 437 g/mol. The van der Waals surface area contributed by atoms with E-state index in [2.05, 4.69) is 20.4 Å². The Balaban J connectivity index is 1.57. The van der Waals surface area contributed by atoms with E-state index < -0.39 is 17.6 Å². The fraction of sp³-hybridized carbons (Fsp3) is 0.111. The molecule has 6 nitrogen and oxygen atoms in total. The summed E-state index contributed by atoms with van der Waals surface area (Å²) in [7, 11) is 0. The number of hydrogen-bond donors (Lipinski definition) is 1. The Bertz CT molecular complexity index is 1170. The Hall–Kier alpha value is -2.98. The minimum absolute atomic E-state index is 0.0906. The van der Waals surface area contributed by atoms with Crippen LogP contribution in [0.3, 0.4) is 0 Å². The van der Waals surface area contributed by atoms with E-state index in [4.69, 9.17) is 11.6 Å². The van der Waals surface area contributed by atoms with Crippen LogP contribution in [-0.2, 0) is 12.7 Å². The second-order valence-electron chi connectivity index (χ2n) is 5.98. The molecule has 0 radical (unpaired) electrons. The number of nitrogens with one attached hydrogen (secondary N) is 1. The van der Waals surface area contributed by atoms with Gasteiger partial charge >= 0.3 is 6.18 Å². The second kappa shape index (κ2) is 7.45. The van der Waals surface area contributed by atoms with Crippen LogP contribution in [-0.4, -0.2) is 25.7 Å². The number of benzene rings is 1. The van der Waals surface area contributed by atoms with Gasteiger partial charge < -0.3 is 5.32 Å². The number of pyridine rings is 1. The van der Waals surface area contributed by atoms with Gasteiger partial charge in [-0.25, -0.2) is 14.6 Å². The minimum atomic E-state index is -4.44. The lowest BCUT2D eigenvalue weighted by atomic mass is 10.2. The van der Waals surface area contributed by atoms with Gasteiger partial charge in [-0.1, -0.05) is 11.6 Å². The van der Waals surface area contributed by atoms with E-state index >= 15 is 0 Å². The highest BCUT2D eigenvalue weighted by atomic mass is 35.5. The largest absolute Gasteiger partial charge is 0.416 e. The smallest absolute Gasteiger partial charge is 0.322 e. The van der Waals surface area contributed by atoms with Gasteiger partial charge in [0.1, 0.15) is 5.01 Å². The fourth-order valence-electron chi connectivity index (χ4n) is 2.67. The van der Waals surface area contributed by atoms with Gasteiger partial charge in [0, 0.05) is 23.5 Å². The van der Waals surface area contributed by atoms with Crippen LogP contribution in [0.4, 0.5) is 18.9 Å². The molecule has 1 N–H and O–H groups in total. The summed E-state index contributed by atoms with van der Waals surface area (Å²) >= 11 is 7.85. The molecule has 0 saturated heterocycles. The van der Waals surface area contributed by atoms with E-state index in [1.165, 1.54) is 35.9 Å². The molecule has 0 aliphatic rings. The summed E-state index contributed by atoms with van der Waals surface area (Å²) in [6.45, 7) is 0.418. The summed E-state index contributed by atoms with van der Waals surface area (Å²) in [5, 5.41) is 10.1. The number of alkyl halides is 3. The van der Waals surface area contributed by atoms with Crippen molar-refractivity contribution in [2.75, 3.05) is 5.32 Å². The van der Waals surface area contributed by atoms with Gasteiger partial charge in [-0.2, -0.15) is 18.3 Å². The molecule has 0 bridgehead atoms. The quantitative estimate of drug-likeness (QED) is 0.495. The number of nitrogens with zero attached hydrogens (tertiary/aromatic N) is 4. The van der Waals surface area contributed by atoms with Gasteiger partial charge in [0.05, 0.1) is 34.3 Å². The van der Waals surface area contributed by atoms with Crippen LogP contribution in [0.15, 0.2) is 48.2 Å². The zero-order valence-corrected chi connectivity index (χ0v) is 16.0. The minimum Gasteiger partial charge on any atom is -0.322 e. The Labute approximate surface area is 171 Å². The van der Waals surface area contributed by atoms with Crippen molar-refractivity contribution in [1.29, 1.82) is 0 Å². The molecular weight excluding hydrogens is 427 g/mol. The zero-order valence-electron chi connectivity index (χ0n) is 14.4. The van der Waals surface area contributed by atoms with E-state index in [-0.39, 0.29) is 16.3 Å². The van der Waals surface area contributed by atoms with Crippen LogP contribution in [0.2, 0.25) is 5.02 Å². The van der Waals surface area contributed by atoms with Crippen LogP contribution in [0, 0.1) is 0 Å². The highest BCUT2D eigenvalue weighted by Gasteiger charge is 2.30. The van der Waals surface area contributed by atoms with Crippen molar-refractivity contribution in [1.82, 2.24) is 19.7 Å². The topological polar surface area (TPSA) is 72.7 Å². The SMILES string of the molecule is O=C(Nc1ccc(C(F)(F)F)cc1)c1cnc2c(cnn2Cc2nccs2)c1Cl. The van der Waals surface area contributed by atoms with Crippen LogP contribution < -0.4 is 5.32 Å². The molecule has 29 heavy (non-hydrogen) atoms. The molecule has 4 rings (SSSR count). The first kappa shape index (κ1) is 19.3. The molecule has 0 spiro atoms. The standard InChI is InChI=1S/C18H11ClF3N5OS/c19-15-12-8-25-27(9-14-23-5-6-29-14)16(12)24-7-13(15)17(28)26-11-3-1-10(2-4-11)18(20,21)22/h1-8H,9H2,(H,26,28). The lowest BCUT2D eigenvalue weighted by Gasteiger charge is -2.10. The van der Waals surface area contributed by atoms with E-state index in [1.807, 2.05) is 5.38 Å². The summed E-state index contributed by atoms with van der Waals surface area (Å²) in [6, 6.07) is 4.13. The van der Waals surface area contributed by atoms with E-state index in [1.54, 1.807) is 10.9 Å². The number of carbonyl (C=O) groups excluding carboxylic acids is 1. The third-order valence-corrected chi connectivity index (χ3v) is 5.26. The summed E-state index contributed by atoms with van der Waals surface area (Å²) in [4.78, 5) is 21.0. The number of fused-ring (bicyclic) bond motifs is 1. The first-order valence-corrected chi connectivity index (χ1v) is 9.45. The van der Waals surface area contributed by atoms with Crippen LogP contribution in [0.25, 0.3) is 11.0 Å². The molecule has 0 saturated carbocycles. The zero-order chi connectivity index (χ0) is 20.6. The van der Waals surface area contributed by atoms with Gasteiger partial charge in [0.2, 0.25) is 0 Å². The van der Waals surface area contributed by atoms with Gasteiger partial charge in [-0.15, -0.1) is 11.3 Å². The van der Waals surface area contributed by atoms with Crippen LogP contribution in [0.1, 0.15) is 20.9 Å². The third-order valence-electron chi connectivity index (χ3n) is 4.08. The molecule has 0 aliphatic carbocycles. The van der Waals surface area contributed by atoms with Crippen molar-refractivity contribution >= 4 is 45.6 Å². The summed E-state index contributed by atoms with van der Waals surface area (Å²) in [5.74, 6) is -0.586. The van der Waals surface area contributed by atoms with Gasteiger partial charge in [-0.3, -0.25) is 4.79 Å².